The number of carbonyl (C=O) groups is 2. The van der Waals surface area contributed by atoms with Crippen molar-refractivity contribution in [3.63, 3.8) is 0 Å². The van der Waals surface area contributed by atoms with Crippen LogP contribution in [0.15, 0.2) is 0 Å². The molecular weight excluding hydrogens is 152 g/mol. The summed E-state index contributed by atoms with van der Waals surface area (Å²) in [5, 5.41) is 0. The van der Waals surface area contributed by atoms with E-state index in [4.69, 9.17) is 0 Å². The van der Waals surface area contributed by atoms with Gasteiger partial charge in [0.15, 0.2) is 0 Å². The molecule has 0 aromatic rings. The van der Waals surface area contributed by atoms with Crippen LogP contribution in [0.5, 0.6) is 0 Å². The zero-order valence-electron chi connectivity index (χ0n) is 7.16. The summed E-state index contributed by atoms with van der Waals surface area (Å²) in [4.78, 5) is 21.6. The fourth-order valence-electron chi connectivity index (χ4n) is 2.87. The van der Waals surface area contributed by atoms with E-state index >= 15 is 0 Å². The van der Waals surface area contributed by atoms with Crippen molar-refractivity contribution >= 4 is 12.1 Å². The molecule has 2 nitrogen and oxygen atoms in total. The van der Waals surface area contributed by atoms with Gasteiger partial charge in [0.05, 0.1) is 6.42 Å². The van der Waals surface area contributed by atoms with E-state index in [1.54, 1.807) is 0 Å². The van der Waals surface area contributed by atoms with Gasteiger partial charge in [0.25, 0.3) is 0 Å². The lowest BCUT2D eigenvalue weighted by atomic mass is 9.85. The van der Waals surface area contributed by atoms with E-state index in [1.807, 2.05) is 0 Å². The standard InChI is InChI=1S/C10H14O2/c11-4-3-10(12)9-6-7-1-2-8(9)5-7/h4,7-9H,1-3,5-6H2. The van der Waals surface area contributed by atoms with Crippen molar-refractivity contribution in [1.82, 2.24) is 0 Å². The van der Waals surface area contributed by atoms with Crippen LogP contribution in [0.2, 0.25) is 0 Å². The van der Waals surface area contributed by atoms with Crippen LogP contribution in [0, 0.1) is 17.8 Å². The molecule has 0 aromatic carbocycles. The number of hydrogen-bond acceptors (Lipinski definition) is 2. The normalized spacial score (nSPS) is 38.5. The Balaban J connectivity index is 1.97. The Labute approximate surface area is 72.3 Å². The molecule has 2 bridgehead atoms. The van der Waals surface area contributed by atoms with Gasteiger partial charge in [0.1, 0.15) is 12.1 Å². The number of ketones is 1. The summed E-state index contributed by atoms with van der Waals surface area (Å²) in [6, 6.07) is 0. The van der Waals surface area contributed by atoms with Crippen molar-refractivity contribution in [3.05, 3.63) is 0 Å². The largest absolute Gasteiger partial charge is 0.303 e. The van der Waals surface area contributed by atoms with E-state index in [0.29, 0.717) is 5.92 Å². The maximum atomic E-state index is 11.4. The van der Waals surface area contributed by atoms with Crippen LogP contribution in [0.4, 0.5) is 0 Å². The van der Waals surface area contributed by atoms with Gasteiger partial charge >= 0.3 is 0 Å². The maximum Gasteiger partial charge on any atom is 0.143 e. The minimum absolute atomic E-state index is 0.147. The Morgan fingerprint density at radius 1 is 1.33 bits per heavy atom. The summed E-state index contributed by atoms with van der Waals surface area (Å²) >= 11 is 0. The van der Waals surface area contributed by atoms with Gasteiger partial charge in [-0.1, -0.05) is 6.42 Å². The fourth-order valence-corrected chi connectivity index (χ4v) is 2.87. The monoisotopic (exact) mass is 166 g/mol. The lowest BCUT2D eigenvalue weighted by molar-refractivity contribution is -0.126. The molecule has 0 spiro atoms. The molecule has 0 saturated heterocycles. The first-order chi connectivity index (χ1) is 5.81. The quantitative estimate of drug-likeness (QED) is 0.471. The SMILES string of the molecule is O=CCC(=O)C1CC2CCC1C2. The summed E-state index contributed by atoms with van der Waals surface area (Å²) in [6.45, 7) is 0. The summed E-state index contributed by atoms with van der Waals surface area (Å²) in [5.74, 6) is 1.87. The van der Waals surface area contributed by atoms with Crippen LogP contribution < -0.4 is 0 Å². The van der Waals surface area contributed by atoms with E-state index in [-0.39, 0.29) is 18.1 Å². The molecule has 66 valence electrons. The second-order valence-corrected chi connectivity index (χ2v) is 4.12. The topological polar surface area (TPSA) is 34.1 Å². The average Bonchev–Trinajstić information content (AvgIpc) is 2.64. The number of Topliss-reactive ketones (excluding diaryl/α,β-unsaturated/α-hetero) is 1. The second kappa shape index (κ2) is 3.00. The number of rotatable bonds is 3. The molecule has 3 unspecified atom stereocenters. The van der Waals surface area contributed by atoms with Crippen molar-refractivity contribution in [2.24, 2.45) is 17.8 Å². The van der Waals surface area contributed by atoms with Gasteiger partial charge in [-0.25, -0.2) is 0 Å². The molecule has 2 saturated carbocycles. The van der Waals surface area contributed by atoms with Gasteiger partial charge in [-0.15, -0.1) is 0 Å². The van der Waals surface area contributed by atoms with Crippen molar-refractivity contribution in [1.29, 1.82) is 0 Å². The van der Waals surface area contributed by atoms with Crippen molar-refractivity contribution in [2.45, 2.75) is 32.1 Å². The lowest BCUT2D eigenvalue weighted by Gasteiger charge is -2.18. The van der Waals surface area contributed by atoms with Crippen molar-refractivity contribution in [3.8, 4) is 0 Å². The number of aldehydes is 1. The van der Waals surface area contributed by atoms with Gasteiger partial charge in [-0.05, 0) is 31.1 Å². The van der Waals surface area contributed by atoms with Crippen molar-refractivity contribution in [2.75, 3.05) is 0 Å². The van der Waals surface area contributed by atoms with Gasteiger partial charge in [-0.3, -0.25) is 4.79 Å². The van der Waals surface area contributed by atoms with E-state index in [1.165, 1.54) is 19.3 Å². The second-order valence-electron chi connectivity index (χ2n) is 4.12. The predicted octanol–water partition coefficient (Wildman–Crippen LogP) is 1.58. The van der Waals surface area contributed by atoms with Gasteiger partial charge in [-0.2, -0.15) is 0 Å². The molecule has 12 heavy (non-hydrogen) atoms. The third-order valence-corrected chi connectivity index (χ3v) is 3.44. The van der Waals surface area contributed by atoms with E-state index in [0.717, 1.165) is 18.6 Å². The number of hydrogen-bond donors (Lipinski definition) is 0. The minimum atomic E-state index is 0.147. The fraction of sp³-hybridized carbons (Fsp3) is 0.800. The van der Waals surface area contributed by atoms with Gasteiger partial charge in [0.2, 0.25) is 0 Å². The Morgan fingerprint density at radius 2 is 2.17 bits per heavy atom. The summed E-state index contributed by atoms with van der Waals surface area (Å²) in [5.41, 5.74) is 0. The highest BCUT2D eigenvalue weighted by molar-refractivity contribution is 5.91. The highest BCUT2D eigenvalue weighted by Gasteiger charge is 2.42. The van der Waals surface area contributed by atoms with Crippen LogP contribution in [0.1, 0.15) is 32.1 Å². The van der Waals surface area contributed by atoms with Crippen LogP contribution in [0.25, 0.3) is 0 Å². The van der Waals surface area contributed by atoms with Crippen LogP contribution in [-0.4, -0.2) is 12.1 Å². The highest BCUT2D eigenvalue weighted by atomic mass is 16.1. The Hall–Kier alpha value is -0.660. The number of carbonyl (C=O) groups excluding carboxylic acids is 2. The summed E-state index contributed by atoms with van der Waals surface area (Å²) < 4.78 is 0. The first kappa shape index (κ1) is 7.96. The van der Waals surface area contributed by atoms with Crippen LogP contribution >= 0.6 is 0 Å². The highest BCUT2D eigenvalue weighted by Crippen LogP contribution is 2.48. The lowest BCUT2D eigenvalue weighted by Crippen LogP contribution is -2.20. The molecule has 2 heteroatoms. The Bertz CT molecular complexity index is 210. The molecule has 0 aliphatic heterocycles. The predicted molar refractivity (Wildman–Crippen MR) is 44.6 cm³/mol. The molecule has 2 rings (SSSR count). The molecule has 2 fully saturated rings. The van der Waals surface area contributed by atoms with Crippen molar-refractivity contribution < 1.29 is 9.59 Å². The average molecular weight is 166 g/mol. The van der Waals surface area contributed by atoms with Gasteiger partial charge < -0.3 is 4.79 Å². The molecule has 3 atom stereocenters. The third kappa shape index (κ3) is 1.19. The van der Waals surface area contributed by atoms with E-state index in [9.17, 15) is 9.59 Å². The molecule has 0 heterocycles. The first-order valence-corrected chi connectivity index (χ1v) is 4.77. The Morgan fingerprint density at radius 3 is 2.67 bits per heavy atom. The molecule has 0 aromatic heterocycles. The Kier molecular flexibility index (Phi) is 1.99. The third-order valence-electron chi connectivity index (χ3n) is 3.44. The zero-order chi connectivity index (χ0) is 8.55. The van der Waals surface area contributed by atoms with E-state index in [2.05, 4.69) is 0 Å². The van der Waals surface area contributed by atoms with Crippen LogP contribution in [-0.2, 0) is 9.59 Å². The molecule has 2 aliphatic rings. The van der Waals surface area contributed by atoms with E-state index < -0.39 is 0 Å². The van der Waals surface area contributed by atoms with Gasteiger partial charge in [0, 0.05) is 5.92 Å². The van der Waals surface area contributed by atoms with Crippen LogP contribution in [0.3, 0.4) is 0 Å². The maximum absolute atomic E-state index is 11.4. The first-order valence-electron chi connectivity index (χ1n) is 4.77. The summed E-state index contributed by atoms with van der Waals surface area (Å²) in [7, 11) is 0. The summed E-state index contributed by atoms with van der Waals surface area (Å²) in [6.07, 6.45) is 5.74. The smallest absolute Gasteiger partial charge is 0.143 e. The minimum Gasteiger partial charge on any atom is -0.303 e. The molecule has 2 aliphatic carbocycles. The molecular formula is C10H14O2. The molecule has 0 radical (unpaired) electrons. The molecule has 0 N–H and O–H groups in total. The molecule has 0 amide bonds. The number of fused-ring (bicyclic) bond motifs is 2. The zero-order valence-corrected chi connectivity index (χ0v) is 7.16.